The van der Waals surface area contributed by atoms with Gasteiger partial charge < -0.3 is 5.32 Å². The predicted molar refractivity (Wildman–Crippen MR) is 99.5 cm³/mol. The van der Waals surface area contributed by atoms with Crippen molar-refractivity contribution in [2.45, 2.75) is 13.0 Å². The first-order valence-corrected chi connectivity index (χ1v) is 8.11. The lowest BCUT2D eigenvalue weighted by molar-refractivity contribution is -0.117. The molecule has 0 aliphatic rings. The molecule has 0 aliphatic heterocycles. The molecule has 1 amide bonds. The van der Waals surface area contributed by atoms with E-state index in [-0.39, 0.29) is 11.9 Å². The van der Waals surface area contributed by atoms with Gasteiger partial charge in [0.2, 0.25) is 5.91 Å². The molecule has 0 saturated carbocycles. The van der Waals surface area contributed by atoms with Crippen LogP contribution in [0.25, 0.3) is 17.2 Å². The zero-order valence-corrected chi connectivity index (χ0v) is 14.0. The normalized spacial score (nSPS) is 12.0. The summed E-state index contributed by atoms with van der Waals surface area (Å²) >= 11 is 0. The lowest BCUT2D eigenvalue weighted by Gasteiger charge is -2.14. The number of nitrogens with one attached hydrogen (secondary N) is 1. The molecule has 3 aromatic rings. The molecule has 0 unspecified atom stereocenters. The molecule has 4 heteroatoms. The van der Waals surface area contributed by atoms with E-state index in [1.54, 1.807) is 24.5 Å². The zero-order valence-electron chi connectivity index (χ0n) is 14.0. The lowest BCUT2D eigenvalue weighted by Crippen LogP contribution is -2.24. The first-order chi connectivity index (χ1) is 12.2. The van der Waals surface area contributed by atoms with E-state index in [0.717, 1.165) is 22.3 Å². The van der Waals surface area contributed by atoms with E-state index in [0.29, 0.717) is 0 Å². The number of amides is 1. The fourth-order valence-corrected chi connectivity index (χ4v) is 2.52. The number of nitrogens with zero attached hydrogens (tertiary/aromatic N) is 2. The van der Waals surface area contributed by atoms with E-state index in [9.17, 15) is 4.79 Å². The van der Waals surface area contributed by atoms with E-state index in [1.807, 2.05) is 61.5 Å². The Morgan fingerprint density at radius 2 is 1.76 bits per heavy atom. The summed E-state index contributed by atoms with van der Waals surface area (Å²) in [4.78, 5) is 20.2. The topological polar surface area (TPSA) is 54.9 Å². The maximum Gasteiger partial charge on any atom is 0.244 e. The highest BCUT2D eigenvalue weighted by Crippen LogP contribution is 2.22. The maximum atomic E-state index is 12.1. The molecular weight excluding hydrogens is 310 g/mol. The number of rotatable bonds is 5. The molecule has 0 fully saturated rings. The Balaban J connectivity index is 1.68. The third-order valence-electron chi connectivity index (χ3n) is 3.87. The van der Waals surface area contributed by atoms with Gasteiger partial charge in [0.1, 0.15) is 6.33 Å². The van der Waals surface area contributed by atoms with Crippen molar-refractivity contribution < 1.29 is 4.79 Å². The van der Waals surface area contributed by atoms with Gasteiger partial charge in [-0.3, -0.25) is 4.79 Å². The van der Waals surface area contributed by atoms with Gasteiger partial charge in [0.15, 0.2) is 0 Å². The van der Waals surface area contributed by atoms with Crippen LogP contribution in [-0.2, 0) is 4.79 Å². The van der Waals surface area contributed by atoms with Crippen molar-refractivity contribution in [3.8, 4) is 11.1 Å². The molecule has 4 nitrogen and oxygen atoms in total. The molecule has 25 heavy (non-hydrogen) atoms. The van der Waals surface area contributed by atoms with E-state index in [2.05, 4.69) is 15.3 Å². The first kappa shape index (κ1) is 16.6. The van der Waals surface area contributed by atoms with Crippen LogP contribution < -0.4 is 5.32 Å². The average molecular weight is 329 g/mol. The monoisotopic (exact) mass is 329 g/mol. The largest absolute Gasteiger partial charge is 0.346 e. The van der Waals surface area contributed by atoms with Gasteiger partial charge in [0, 0.05) is 24.0 Å². The number of hydrogen-bond donors (Lipinski definition) is 1. The molecule has 0 bridgehead atoms. The molecule has 1 heterocycles. The predicted octanol–water partition coefficient (Wildman–Crippen LogP) is 4.03. The summed E-state index contributed by atoms with van der Waals surface area (Å²) in [6, 6.07) is 17.7. The van der Waals surface area contributed by atoms with Crippen LogP contribution in [0.3, 0.4) is 0 Å². The quantitative estimate of drug-likeness (QED) is 0.719. The molecule has 2 aromatic carbocycles. The second-order valence-electron chi connectivity index (χ2n) is 5.73. The molecule has 0 radical (unpaired) electrons. The van der Waals surface area contributed by atoms with Crippen molar-refractivity contribution in [2.75, 3.05) is 0 Å². The van der Waals surface area contributed by atoms with Crippen molar-refractivity contribution in [1.29, 1.82) is 0 Å². The van der Waals surface area contributed by atoms with Crippen molar-refractivity contribution in [3.05, 3.63) is 90.5 Å². The number of benzene rings is 2. The van der Waals surface area contributed by atoms with Crippen LogP contribution in [-0.4, -0.2) is 15.9 Å². The standard InChI is InChI=1S/C21H19N3O/c1-16(24-21(25)11-10-17-6-3-2-4-7-17)18-8-5-9-19(12-18)20-13-22-15-23-14-20/h2-16H,1H3,(H,24,25)/b11-10+/t16-/m0/s1. The molecule has 0 aliphatic carbocycles. The Kier molecular flexibility index (Phi) is 5.32. The molecular formula is C21H19N3O. The average Bonchev–Trinajstić information content (AvgIpc) is 2.68. The number of carbonyl (C=O) groups is 1. The van der Waals surface area contributed by atoms with E-state index in [4.69, 9.17) is 0 Å². The van der Waals surface area contributed by atoms with Crippen LogP contribution >= 0.6 is 0 Å². The number of carbonyl (C=O) groups excluding carboxylic acids is 1. The summed E-state index contributed by atoms with van der Waals surface area (Å²) in [7, 11) is 0. The molecule has 1 atom stereocenters. The zero-order chi connectivity index (χ0) is 17.5. The van der Waals surface area contributed by atoms with Gasteiger partial charge in [0.25, 0.3) is 0 Å². The Morgan fingerprint density at radius 3 is 2.52 bits per heavy atom. The van der Waals surface area contributed by atoms with Crippen molar-refractivity contribution in [1.82, 2.24) is 15.3 Å². The molecule has 1 N–H and O–H groups in total. The van der Waals surface area contributed by atoms with E-state index < -0.39 is 0 Å². The highest BCUT2D eigenvalue weighted by Gasteiger charge is 2.09. The van der Waals surface area contributed by atoms with Crippen LogP contribution in [0.15, 0.2) is 79.4 Å². The summed E-state index contributed by atoms with van der Waals surface area (Å²) in [5.74, 6) is -0.121. The Morgan fingerprint density at radius 1 is 1.00 bits per heavy atom. The van der Waals surface area contributed by atoms with Gasteiger partial charge >= 0.3 is 0 Å². The van der Waals surface area contributed by atoms with Crippen LogP contribution in [0.4, 0.5) is 0 Å². The van der Waals surface area contributed by atoms with Gasteiger partial charge in [0.05, 0.1) is 6.04 Å². The summed E-state index contributed by atoms with van der Waals surface area (Å²) in [5.41, 5.74) is 4.00. The van der Waals surface area contributed by atoms with Gasteiger partial charge in [-0.05, 0) is 35.8 Å². The fourth-order valence-electron chi connectivity index (χ4n) is 2.52. The van der Waals surface area contributed by atoms with Crippen LogP contribution in [0.1, 0.15) is 24.1 Å². The highest BCUT2D eigenvalue weighted by atomic mass is 16.1. The minimum Gasteiger partial charge on any atom is -0.346 e. The number of hydrogen-bond acceptors (Lipinski definition) is 3. The minimum atomic E-state index is -0.121. The smallest absolute Gasteiger partial charge is 0.244 e. The first-order valence-electron chi connectivity index (χ1n) is 8.11. The maximum absolute atomic E-state index is 12.1. The summed E-state index contributed by atoms with van der Waals surface area (Å²) in [6.45, 7) is 1.97. The third kappa shape index (κ3) is 4.61. The van der Waals surface area contributed by atoms with Gasteiger partial charge in [-0.1, -0.05) is 48.5 Å². The van der Waals surface area contributed by atoms with Gasteiger partial charge in [-0.15, -0.1) is 0 Å². The minimum absolute atomic E-state index is 0.0995. The summed E-state index contributed by atoms with van der Waals surface area (Å²) < 4.78 is 0. The van der Waals surface area contributed by atoms with Crippen molar-refractivity contribution in [3.63, 3.8) is 0 Å². The Hall–Kier alpha value is -3.27. The lowest BCUT2D eigenvalue weighted by atomic mass is 10.0. The molecule has 0 saturated heterocycles. The summed E-state index contributed by atoms with van der Waals surface area (Å²) in [5, 5.41) is 2.99. The van der Waals surface area contributed by atoms with Gasteiger partial charge in [-0.2, -0.15) is 0 Å². The Bertz CT molecular complexity index is 861. The third-order valence-corrected chi connectivity index (χ3v) is 3.87. The second-order valence-corrected chi connectivity index (χ2v) is 5.73. The Labute approximate surface area is 147 Å². The number of aromatic nitrogens is 2. The SMILES string of the molecule is C[C@H](NC(=O)/C=C/c1ccccc1)c1cccc(-c2cncnc2)c1. The highest BCUT2D eigenvalue weighted by molar-refractivity contribution is 5.92. The van der Waals surface area contributed by atoms with Crippen LogP contribution in [0.5, 0.6) is 0 Å². The molecule has 124 valence electrons. The summed E-state index contributed by atoms with van der Waals surface area (Å²) in [6.07, 6.45) is 8.42. The van der Waals surface area contributed by atoms with Crippen LogP contribution in [0, 0.1) is 0 Å². The molecule has 0 spiro atoms. The van der Waals surface area contributed by atoms with Crippen LogP contribution in [0.2, 0.25) is 0 Å². The van der Waals surface area contributed by atoms with Gasteiger partial charge in [-0.25, -0.2) is 9.97 Å². The van der Waals surface area contributed by atoms with Crippen molar-refractivity contribution in [2.24, 2.45) is 0 Å². The molecule has 1 aromatic heterocycles. The fraction of sp³-hybridized carbons (Fsp3) is 0.0952. The van der Waals surface area contributed by atoms with Crippen molar-refractivity contribution >= 4 is 12.0 Å². The van der Waals surface area contributed by atoms with E-state index in [1.165, 1.54) is 6.33 Å². The second kappa shape index (κ2) is 8.02. The van der Waals surface area contributed by atoms with E-state index >= 15 is 0 Å². The molecule has 3 rings (SSSR count).